The molecule has 2 aromatic carbocycles. The van der Waals surface area contributed by atoms with Crippen molar-refractivity contribution >= 4 is 29.5 Å². The van der Waals surface area contributed by atoms with Crippen LogP contribution >= 0.6 is 12.2 Å². The van der Waals surface area contributed by atoms with Crippen LogP contribution in [0.2, 0.25) is 0 Å². The van der Waals surface area contributed by atoms with Crippen molar-refractivity contribution in [1.82, 2.24) is 5.43 Å². The van der Waals surface area contributed by atoms with Crippen LogP contribution in [0, 0.1) is 6.92 Å². The van der Waals surface area contributed by atoms with Crippen molar-refractivity contribution in [3.05, 3.63) is 65.2 Å². The van der Waals surface area contributed by atoms with E-state index in [1.54, 1.807) is 30.3 Å². The molecule has 0 radical (unpaired) electrons. The van der Waals surface area contributed by atoms with Crippen LogP contribution in [-0.4, -0.2) is 17.3 Å². The van der Waals surface area contributed by atoms with Gasteiger partial charge in [0.05, 0.1) is 11.8 Å². The van der Waals surface area contributed by atoms with Crippen molar-refractivity contribution in [2.75, 3.05) is 0 Å². The Morgan fingerprint density at radius 1 is 1.23 bits per heavy atom. The summed E-state index contributed by atoms with van der Waals surface area (Å²) in [6.45, 7) is 1.95. The summed E-state index contributed by atoms with van der Waals surface area (Å²) >= 11 is 4.66. The molecule has 112 valence electrons. The summed E-state index contributed by atoms with van der Waals surface area (Å²) in [6.07, 6.45) is 1.48. The maximum Gasteiger partial charge on any atom is 0.343 e. The van der Waals surface area contributed by atoms with Crippen molar-refractivity contribution in [2.24, 2.45) is 10.8 Å². The number of hydrogen-bond acceptors (Lipinski definition) is 4. The molecule has 0 saturated heterocycles. The summed E-state index contributed by atoms with van der Waals surface area (Å²) < 4.78 is 5.41. The van der Waals surface area contributed by atoms with Crippen LogP contribution < -0.4 is 15.9 Å². The first kappa shape index (κ1) is 15.7. The number of aryl methyl sites for hydroxylation is 1. The number of para-hydroxylation sites is 1. The van der Waals surface area contributed by atoms with Crippen LogP contribution in [0.5, 0.6) is 5.75 Å². The third-order valence-electron chi connectivity index (χ3n) is 2.79. The highest BCUT2D eigenvalue weighted by atomic mass is 32.1. The number of ether oxygens (including phenoxy) is 1. The zero-order chi connectivity index (χ0) is 15.9. The molecule has 6 heteroatoms. The Morgan fingerprint density at radius 2 is 1.91 bits per heavy atom. The lowest BCUT2D eigenvalue weighted by atomic mass is 10.1. The van der Waals surface area contributed by atoms with Gasteiger partial charge < -0.3 is 10.5 Å². The van der Waals surface area contributed by atoms with Gasteiger partial charge in [-0.2, -0.15) is 5.10 Å². The largest absolute Gasteiger partial charge is 0.422 e. The third kappa shape index (κ3) is 4.39. The summed E-state index contributed by atoms with van der Waals surface area (Å²) in [5.41, 5.74) is 9.93. The standard InChI is InChI=1S/C16H15N3O2S/c1-11-6-8-12(9-7-11)15(20)21-14-5-3-2-4-13(14)10-18-19-16(17)22/h2-10H,1H3,(H3,17,19,22)/b18-10-. The number of carbonyl (C=O) groups excluding carboxylic acids is 1. The molecular weight excluding hydrogens is 298 g/mol. The average molecular weight is 313 g/mol. The van der Waals surface area contributed by atoms with E-state index in [0.717, 1.165) is 5.56 Å². The Bertz CT molecular complexity index is 712. The van der Waals surface area contributed by atoms with Crippen LogP contribution in [-0.2, 0) is 0 Å². The molecule has 22 heavy (non-hydrogen) atoms. The van der Waals surface area contributed by atoms with E-state index in [-0.39, 0.29) is 5.11 Å². The molecule has 5 nitrogen and oxygen atoms in total. The molecule has 0 aliphatic rings. The van der Waals surface area contributed by atoms with Gasteiger partial charge in [0.25, 0.3) is 0 Å². The zero-order valence-corrected chi connectivity index (χ0v) is 12.8. The SMILES string of the molecule is Cc1ccc(C(=O)Oc2ccccc2/C=N\NC(N)=S)cc1. The predicted molar refractivity (Wildman–Crippen MR) is 90.1 cm³/mol. The number of hydrogen-bond donors (Lipinski definition) is 2. The highest BCUT2D eigenvalue weighted by Crippen LogP contribution is 2.17. The zero-order valence-electron chi connectivity index (χ0n) is 11.9. The molecule has 0 aromatic heterocycles. The van der Waals surface area contributed by atoms with Crippen LogP contribution in [0.3, 0.4) is 0 Å². The fourth-order valence-corrected chi connectivity index (χ4v) is 1.75. The second-order valence-corrected chi connectivity index (χ2v) is 4.97. The third-order valence-corrected chi connectivity index (χ3v) is 2.88. The molecule has 0 spiro atoms. The maximum atomic E-state index is 12.1. The minimum atomic E-state index is -0.428. The minimum Gasteiger partial charge on any atom is -0.422 e. The van der Waals surface area contributed by atoms with Crippen LogP contribution in [0.15, 0.2) is 53.6 Å². The van der Waals surface area contributed by atoms with Gasteiger partial charge in [0, 0.05) is 5.56 Å². The monoisotopic (exact) mass is 313 g/mol. The van der Waals surface area contributed by atoms with E-state index >= 15 is 0 Å². The smallest absolute Gasteiger partial charge is 0.343 e. The molecule has 0 atom stereocenters. The molecule has 0 amide bonds. The minimum absolute atomic E-state index is 0.0605. The first-order chi connectivity index (χ1) is 10.6. The van der Waals surface area contributed by atoms with Crippen molar-refractivity contribution < 1.29 is 9.53 Å². The van der Waals surface area contributed by atoms with E-state index in [9.17, 15) is 4.79 Å². The fraction of sp³-hybridized carbons (Fsp3) is 0.0625. The Morgan fingerprint density at radius 3 is 2.59 bits per heavy atom. The Kier molecular flexibility index (Phi) is 5.21. The van der Waals surface area contributed by atoms with Gasteiger partial charge in [-0.25, -0.2) is 4.79 Å². The normalized spacial score (nSPS) is 10.4. The summed E-state index contributed by atoms with van der Waals surface area (Å²) in [5.74, 6) is -0.0234. The van der Waals surface area contributed by atoms with E-state index in [4.69, 9.17) is 10.5 Å². The molecular formula is C16H15N3O2S. The molecule has 0 heterocycles. The lowest BCUT2D eigenvalue weighted by Gasteiger charge is -2.07. The number of thiocarbonyl (C=S) groups is 1. The molecule has 2 aromatic rings. The van der Waals surface area contributed by atoms with Crippen molar-refractivity contribution in [3.8, 4) is 5.75 Å². The number of benzene rings is 2. The highest BCUT2D eigenvalue weighted by Gasteiger charge is 2.10. The fourth-order valence-electron chi connectivity index (χ4n) is 1.69. The molecule has 0 fully saturated rings. The number of nitrogens with two attached hydrogens (primary N) is 1. The van der Waals surface area contributed by atoms with Crippen molar-refractivity contribution in [2.45, 2.75) is 6.92 Å². The first-order valence-corrected chi connectivity index (χ1v) is 6.93. The van der Waals surface area contributed by atoms with Gasteiger partial charge in [0.15, 0.2) is 5.11 Å². The molecule has 0 unspecified atom stereocenters. The average Bonchev–Trinajstić information content (AvgIpc) is 2.49. The van der Waals surface area contributed by atoms with E-state index in [1.165, 1.54) is 6.21 Å². The second-order valence-electron chi connectivity index (χ2n) is 4.53. The summed E-state index contributed by atoms with van der Waals surface area (Å²) in [6, 6.07) is 14.2. The van der Waals surface area contributed by atoms with Crippen LogP contribution in [0.25, 0.3) is 0 Å². The topological polar surface area (TPSA) is 76.7 Å². The number of nitrogens with one attached hydrogen (secondary N) is 1. The maximum absolute atomic E-state index is 12.1. The van der Waals surface area contributed by atoms with Gasteiger partial charge in [-0.05, 0) is 43.4 Å². The van der Waals surface area contributed by atoms with Gasteiger partial charge >= 0.3 is 5.97 Å². The van der Waals surface area contributed by atoms with Crippen molar-refractivity contribution in [3.63, 3.8) is 0 Å². The van der Waals surface area contributed by atoms with Gasteiger partial charge in [-0.1, -0.05) is 29.8 Å². The number of nitrogens with zero attached hydrogens (tertiary/aromatic N) is 1. The quantitative estimate of drug-likeness (QED) is 0.298. The molecule has 0 aliphatic carbocycles. The molecule has 3 N–H and O–H groups in total. The van der Waals surface area contributed by atoms with Gasteiger partial charge in [0.1, 0.15) is 5.75 Å². The Hall–Kier alpha value is -2.73. The van der Waals surface area contributed by atoms with Gasteiger partial charge in [-0.3, -0.25) is 5.43 Å². The summed E-state index contributed by atoms with van der Waals surface area (Å²) in [5, 5.41) is 3.92. The van der Waals surface area contributed by atoms with E-state index < -0.39 is 5.97 Å². The summed E-state index contributed by atoms with van der Waals surface area (Å²) in [4.78, 5) is 12.1. The Balaban J connectivity index is 2.15. The molecule has 0 aliphatic heterocycles. The molecule has 0 bridgehead atoms. The van der Waals surface area contributed by atoms with E-state index in [1.807, 2.05) is 25.1 Å². The first-order valence-electron chi connectivity index (χ1n) is 6.52. The Labute approximate surface area is 133 Å². The number of rotatable bonds is 4. The number of esters is 1. The lowest BCUT2D eigenvalue weighted by molar-refractivity contribution is 0.0734. The molecule has 2 rings (SSSR count). The van der Waals surface area contributed by atoms with Crippen molar-refractivity contribution in [1.29, 1.82) is 0 Å². The molecule has 0 saturated carbocycles. The number of hydrazone groups is 1. The van der Waals surface area contributed by atoms with Crippen LogP contribution in [0.4, 0.5) is 0 Å². The predicted octanol–water partition coefficient (Wildman–Crippen LogP) is 2.38. The van der Waals surface area contributed by atoms with Gasteiger partial charge in [0.2, 0.25) is 0 Å². The lowest BCUT2D eigenvalue weighted by Crippen LogP contribution is -2.24. The van der Waals surface area contributed by atoms with E-state index in [2.05, 4.69) is 22.7 Å². The van der Waals surface area contributed by atoms with Crippen LogP contribution in [0.1, 0.15) is 21.5 Å². The van der Waals surface area contributed by atoms with Gasteiger partial charge in [-0.15, -0.1) is 0 Å². The summed E-state index contributed by atoms with van der Waals surface area (Å²) in [7, 11) is 0. The number of carbonyl (C=O) groups is 1. The second kappa shape index (κ2) is 7.33. The highest BCUT2D eigenvalue weighted by molar-refractivity contribution is 7.80. The van der Waals surface area contributed by atoms with E-state index in [0.29, 0.717) is 16.9 Å².